The van der Waals surface area contributed by atoms with Gasteiger partial charge in [-0.1, -0.05) is 32.4 Å². The topological polar surface area (TPSA) is 21.3 Å². The molecule has 1 unspecified atom stereocenters. The Kier molecular flexibility index (Phi) is 6.81. The van der Waals surface area contributed by atoms with Crippen LogP contribution in [0.3, 0.4) is 0 Å². The molecular formula is C16H27NO. The monoisotopic (exact) mass is 249 g/mol. The second-order valence-electron chi connectivity index (χ2n) is 5.00. The quantitative estimate of drug-likeness (QED) is 0.693. The van der Waals surface area contributed by atoms with E-state index in [4.69, 9.17) is 4.74 Å². The van der Waals surface area contributed by atoms with Gasteiger partial charge in [0, 0.05) is 6.04 Å². The molecule has 102 valence electrons. The average Bonchev–Trinajstić information content (AvgIpc) is 2.35. The van der Waals surface area contributed by atoms with Crippen molar-refractivity contribution in [1.29, 1.82) is 0 Å². The molecule has 0 heterocycles. The molecule has 0 saturated carbocycles. The van der Waals surface area contributed by atoms with Gasteiger partial charge < -0.3 is 10.1 Å². The lowest BCUT2D eigenvalue weighted by Crippen LogP contribution is -2.21. The lowest BCUT2D eigenvalue weighted by molar-refractivity contribution is 0.242. The molecule has 0 fully saturated rings. The van der Waals surface area contributed by atoms with Gasteiger partial charge in [0.25, 0.3) is 0 Å². The van der Waals surface area contributed by atoms with Gasteiger partial charge in [0.15, 0.2) is 0 Å². The number of ether oxygens (including phenoxy) is 1. The Hall–Kier alpha value is -1.02. The summed E-state index contributed by atoms with van der Waals surface area (Å²) in [6.45, 7) is 9.65. The van der Waals surface area contributed by atoms with Crippen LogP contribution in [-0.4, -0.2) is 12.6 Å². The van der Waals surface area contributed by atoms with Crippen molar-refractivity contribution in [2.45, 2.75) is 59.1 Å². The molecule has 1 N–H and O–H groups in total. The van der Waals surface area contributed by atoms with Crippen LogP contribution < -0.4 is 10.1 Å². The van der Waals surface area contributed by atoms with E-state index in [1.165, 1.54) is 18.4 Å². The summed E-state index contributed by atoms with van der Waals surface area (Å²) < 4.78 is 5.66. The molecular weight excluding hydrogens is 222 g/mol. The first kappa shape index (κ1) is 15.0. The van der Waals surface area contributed by atoms with Crippen molar-refractivity contribution in [2.24, 2.45) is 0 Å². The van der Waals surface area contributed by atoms with Gasteiger partial charge in [0.05, 0.1) is 6.10 Å². The molecule has 0 aromatic heterocycles. The molecule has 1 atom stereocenters. The van der Waals surface area contributed by atoms with Gasteiger partial charge >= 0.3 is 0 Å². The average molecular weight is 249 g/mol. The third kappa shape index (κ3) is 5.09. The molecule has 1 aromatic rings. The molecule has 0 aliphatic rings. The highest BCUT2D eigenvalue weighted by Gasteiger charge is 2.08. The van der Waals surface area contributed by atoms with E-state index in [1.54, 1.807) is 0 Å². The van der Waals surface area contributed by atoms with Crippen LogP contribution in [0.5, 0.6) is 5.75 Å². The molecule has 0 radical (unpaired) electrons. The number of benzene rings is 1. The molecule has 0 bridgehead atoms. The van der Waals surface area contributed by atoms with E-state index in [0.29, 0.717) is 6.04 Å². The summed E-state index contributed by atoms with van der Waals surface area (Å²) in [5.41, 5.74) is 1.35. The van der Waals surface area contributed by atoms with Crippen molar-refractivity contribution in [3.8, 4) is 5.75 Å². The number of nitrogens with one attached hydrogen (secondary N) is 1. The van der Waals surface area contributed by atoms with Gasteiger partial charge in [-0.3, -0.25) is 0 Å². The van der Waals surface area contributed by atoms with Gasteiger partial charge in [-0.25, -0.2) is 0 Å². The summed E-state index contributed by atoms with van der Waals surface area (Å²) in [7, 11) is 0. The molecule has 0 spiro atoms. The van der Waals surface area contributed by atoms with E-state index in [9.17, 15) is 0 Å². The number of hydrogen-bond donors (Lipinski definition) is 1. The van der Waals surface area contributed by atoms with Crippen LogP contribution in [0.4, 0.5) is 0 Å². The van der Waals surface area contributed by atoms with Crippen molar-refractivity contribution >= 4 is 0 Å². The van der Waals surface area contributed by atoms with Gasteiger partial charge in [0.1, 0.15) is 5.75 Å². The minimum atomic E-state index is 0.237. The summed E-state index contributed by atoms with van der Waals surface area (Å²) in [5.74, 6) is 0.956. The van der Waals surface area contributed by atoms with E-state index in [-0.39, 0.29) is 6.10 Å². The van der Waals surface area contributed by atoms with Gasteiger partial charge in [0.2, 0.25) is 0 Å². The van der Waals surface area contributed by atoms with E-state index >= 15 is 0 Å². The maximum Gasteiger partial charge on any atom is 0.119 e. The Balaban J connectivity index is 2.57. The SMILES string of the molecule is CCCCNC(CC)c1ccc(OC(C)C)cc1. The molecule has 1 aromatic carbocycles. The number of hydrogen-bond acceptors (Lipinski definition) is 2. The van der Waals surface area contributed by atoms with Crippen LogP contribution in [0.2, 0.25) is 0 Å². The predicted octanol–water partition coefficient (Wildman–Crippen LogP) is 4.31. The van der Waals surface area contributed by atoms with Crippen LogP contribution in [0.25, 0.3) is 0 Å². The fraction of sp³-hybridized carbons (Fsp3) is 0.625. The van der Waals surface area contributed by atoms with Gasteiger partial charge in [-0.15, -0.1) is 0 Å². The lowest BCUT2D eigenvalue weighted by atomic mass is 10.0. The fourth-order valence-corrected chi connectivity index (χ4v) is 2.00. The fourth-order valence-electron chi connectivity index (χ4n) is 2.00. The zero-order chi connectivity index (χ0) is 13.4. The van der Waals surface area contributed by atoms with Crippen molar-refractivity contribution < 1.29 is 4.74 Å². The summed E-state index contributed by atoms with van der Waals surface area (Å²) >= 11 is 0. The van der Waals surface area contributed by atoms with Crippen molar-refractivity contribution in [1.82, 2.24) is 5.32 Å². The van der Waals surface area contributed by atoms with Crippen LogP contribution in [0, 0.1) is 0 Å². The Morgan fingerprint density at radius 1 is 1.11 bits per heavy atom. The van der Waals surface area contributed by atoms with Crippen LogP contribution in [-0.2, 0) is 0 Å². The van der Waals surface area contributed by atoms with Gasteiger partial charge in [-0.2, -0.15) is 0 Å². The standard InChI is InChI=1S/C16H27NO/c1-5-7-12-17-16(6-2)14-8-10-15(11-9-14)18-13(3)4/h8-11,13,16-17H,5-7,12H2,1-4H3. The Bertz CT molecular complexity index is 318. The summed E-state index contributed by atoms with van der Waals surface area (Å²) in [6.07, 6.45) is 3.84. The summed E-state index contributed by atoms with van der Waals surface area (Å²) in [4.78, 5) is 0. The maximum absolute atomic E-state index is 5.66. The lowest BCUT2D eigenvalue weighted by Gasteiger charge is -2.18. The Morgan fingerprint density at radius 2 is 1.78 bits per heavy atom. The van der Waals surface area contributed by atoms with Crippen LogP contribution in [0.1, 0.15) is 58.6 Å². The molecule has 0 amide bonds. The van der Waals surface area contributed by atoms with Gasteiger partial charge in [-0.05, 0) is 50.9 Å². The first-order chi connectivity index (χ1) is 8.67. The van der Waals surface area contributed by atoms with Crippen molar-refractivity contribution in [3.05, 3.63) is 29.8 Å². The largest absolute Gasteiger partial charge is 0.491 e. The molecule has 0 aliphatic heterocycles. The summed E-state index contributed by atoms with van der Waals surface area (Å²) in [6, 6.07) is 8.94. The smallest absolute Gasteiger partial charge is 0.119 e. The molecule has 2 nitrogen and oxygen atoms in total. The zero-order valence-electron chi connectivity index (χ0n) is 12.2. The molecule has 1 rings (SSSR count). The minimum absolute atomic E-state index is 0.237. The molecule has 0 saturated heterocycles. The third-order valence-corrected chi connectivity index (χ3v) is 2.98. The highest BCUT2D eigenvalue weighted by molar-refractivity contribution is 5.29. The normalized spacial score (nSPS) is 12.7. The highest BCUT2D eigenvalue weighted by Crippen LogP contribution is 2.20. The van der Waals surface area contributed by atoms with Crippen LogP contribution in [0.15, 0.2) is 24.3 Å². The second-order valence-corrected chi connectivity index (χ2v) is 5.00. The van der Waals surface area contributed by atoms with E-state index in [2.05, 4.69) is 57.3 Å². The molecule has 0 aliphatic carbocycles. The number of rotatable bonds is 8. The van der Waals surface area contributed by atoms with E-state index in [0.717, 1.165) is 18.7 Å². The summed E-state index contributed by atoms with van der Waals surface area (Å²) in [5, 5.41) is 3.61. The predicted molar refractivity (Wildman–Crippen MR) is 78.1 cm³/mol. The van der Waals surface area contributed by atoms with Crippen LogP contribution >= 0.6 is 0 Å². The zero-order valence-corrected chi connectivity index (χ0v) is 12.2. The van der Waals surface area contributed by atoms with E-state index < -0.39 is 0 Å². The van der Waals surface area contributed by atoms with Crippen molar-refractivity contribution in [3.63, 3.8) is 0 Å². The first-order valence-corrected chi connectivity index (χ1v) is 7.17. The van der Waals surface area contributed by atoms with E-state index in [1.807, 2.05) is 0 Å². The minimum Gasteiger partial charge on any atom is -0.491 e. The maximum atomic E-state index is 5.66. The second kappa shape index (κ2) is 8.15. The Morgan fingerprint density at radius 3 is 2.28 bits per heavy atom. The Labute approximate surface area is 112 Å². The highest BCUT2D eigenvalue weighted by atomic mass is 16.5. The number of unbranched alkanes of at least 4 members (excludes halogenated alkanes) is 1. The third-order valence-electron chi connectivity index (χ3n) is 2.98. The molecule has 18 heavy (non-hydrogen) atoms. The molecule has 2 heteroatoms. The van der Waals surface area contributed by atoms with Crippen molar-refractivity contribution in [2.75, 3.05) is 6.54 Å². The first-order valence-electron chi connectivity index (χ1n) is 7.17.